The minimum absolute atomic E-state index is 0.138. The summed E-state index contributed by atoms with van der Waals surface area (Å²) in [4.78, 5) is 18.5. The Balaban J connectivity index is 1.89. The van der Waals surface area contributed by atoms with Gasteiger partial charge in [-0.2, -0.15) is 0 Å². The van der Waals surface area contributed by atoms with Crippen molar-refractivity contribution in [2.24, 2.45) is 0 Å². The van der Waals surface area contributed by atoms with Gasteiger partial charge in [-0.25, -0.2) is 0 Å². The smallest absolute Gasteiger partial charge is 0.259 e. The van der Waals surface area contributed by atoms with E-state index in [-0.39, 0.29) is 5.91 Å². The standard InChI is InChI=1S/C19H14Cl2N2O/c1-23(18-8-6-17(21)7-9-18)19(24)15-10-14(11-22-12-15)13-2-4-16(20)5-3-13/h2-12H,1H3. The molecular weight excluding hydrogens is 343 g/mol. The monoisotopic (exact) mass is 356 g/mol. The van der Waals surface area contributed by atoms with Crippen molar-refractivity contribution in [2.75, 3.05) is 11.9 Å². The van der Waals surface area contributed by atoms with Gasteiger partial charge in [-0.1, -0.05) is 35.3 Å². The van der Waals surface area contributed by atoms with Crippen LogP contribution in [-0.2, 0) is 0 Å². The Morgan fingerprint density at radius 1 is 0.875 bits per heavy atom. The van der Waals surface area contributed by atoms with Crippen LogP contribution in [0.4, 0.5) is 5.69 Å². The zero-order valence-electron chi connectivity index (χ0n) is 12.9. The van der Waals surface area contributed by atoms with Crippen LogP contribution < -0.4 is 4.90 Å². The minimum Gasteiger partial charge on any atom is -0.311 e. The maximum atomic E-state index is 12.7. The lowest BCUT2D eigenvalue weighted by Gasteiger charge is -2.17. The third kappa shape index (κ3) is 3.58. The van der Waals surface area contributed by atoms with Crippen molar-refractivity contribution in [1.82, 2.24) is 4.98 Å². The number of anilines is 1. The van der Waals surface area contributed by atoms with Gasteiger partial charge in [0.25, 0.3) is 5.91 Å². The molecule has 0 saturated carbocycles. The molecule has 0 radical (unpaired) electrons. The lowest BCUT2D eigenvalue weighted by atomic mass is 10.1. The second kappa shape index (κ2) is 7.04. The molecular formula is C19H14Cl2N2O. The van der Waals surface area contributed by atoms with E-state index in [0.29, 0.717) is 15.6 Å². The molecule has 5 heteroatoms. The van der Waals surface area contributed by atoms with Gasteiger partial charge in [-0.15, -0.1) is 0 Å². The van der Waals surface area contributed by atoms with Crippen molar-refractivity contribution in [3.8, 4) is 11.1 Å². The van der Waals surface area contributed by atoms with E-state index in [1.54, 1.807) is 48.6 Å². The van der Waals surface area contributed by atoms with Crippen LogP contribution in [0.1, 0.15) is 10.4 Å². The topological polar surface area (TPSA) is 33.2 Å². The zero-order valence-corrected chi connectivity index (χ0v) is 14.4. The number of nitrogens with zero attached hydrogens (tertiary/aromatic N) is 2. The second-order valence-corrected chi connectivity index (χ2v) is 6.18. The maximum Gasteiger partial charge on any atom is 0.259 e. The van der Waals surface area contributed by atoms with Crippen LogP contribution in [-0.4, -0.2) is 17.9 Å². The van der Waals surface area contributed by atoms with Gasteiger partial charge < -0.3 is 4.90 Å². The SMILES string of the molecule is CN(C(=O)c1cncc(-c2ccc(Cl)cc2)c1)c1ccc(Cl)cc1. The van der Waals surface area contributed by atoms with Crippen molar-refractivity contribution in [3.63, 3.8) is 0 Å². The molecule has 3 rings (SSSR count). The number of amides is 1. The summed E-state index contributed by atoms with van der Waals surface area (Å²) in [5, 5.41) is 1.30. The lowest BCUT2D eigenvalue weighted by molar-refractivity contribution is 0.0992. The summed E-state index contributed by atoms with van der Waals surface area (Å²) >= 11 is 11.8. The third-order valence-electron chi connectivity index (χ3n) is 3.68. The molecule has 120 valence electrons. The van der Waals surface area contributed by atoms with E-state index in [9.17, 15) is 4.79 Å². The van der Waals surface area contributed by atoms with Crippen LogP contribution in [0.5, 0.6) is 0 Å². The molecule has 0 unspecified atom stereocenters. The highest BCUT2D eigenvalue weighted by molar-refractivity contribution is 6.31. The molecule has 0 aliphatic carbocycles. The van der Waals surface area contributed by atoms with E-state index in [1.807, 2.05) is 30.3 Å². The average molecular weight is 357 g/mol. The maximum absolute atomic E-state index is 12.7. The van der Waals surface area contributed by atoms with Crippen LogP contribution in [0.2, 0.25) is 10.0 Å². The van der Waals surface area contributed by atoms with Crippen LogP contribution >= 0.6 is 23.2 Å². The summed E-state index contributed by atoms with van der Waals surface area (Å²) in [5.74, 6) is -0.138. The number of aromatic nitrogens is 1. The van der Waals surface area contributed by atoms with Gasteiger partial charge in [0.2, 0.25) is 0 Å². The average Bonchev–Trinajstić information content (AvgIpc) is 2.62. The number of carbonyl (C=O) groups excluding carboxylic acids is 1. The Labute approximate surface area is 150 Å². The normalized spacial score (nSPS) is 10.5. The Kier molecular flexibility index (Phi) is 4.84. The van der Waals surface area contributed by atoms with Crippen LogP contribution in [0.3, 0.4) is 0 Å². The number of hydrogen-bond donors (Lipinski definition) is 0. The van der Waals surface area contributed by atoms with Gasteiger partial charge in [0, 0.05) is 40.7 Å². The molecule has 0 aliphatic rings. The summed E-state index contributed by atoms with van der Waals surface area (Å²) in [6.07, 6.45) is 3.29. The third-order valence-corrected chi connectivity index (χ3v) is 4.19. The first-order valence-corrected chi connectivity index (χ1v) is 8.05. The van der Waals surface area contributed by atoms with Gasteiger partial charge in [0.05, 0.1) is 5.56 Å². The van der Waals surface area contributed by atoms with Crippen molar-refractivity contribution < 1.29 is 4.79 Å². The summed E-state index contributed by atoms with van der Waals surface area (Å²) in [6.45, 7) is 0. The van der Waals surface area contributed by atoms with E-state index in [2.05, 4.69) is 4.98 Å². The highest BCUT2D eigenvalue weighted by atomic mass is 35.5. The van der Waals surface area contributed by atoms with E-state index < -0.39 is 0 Å². The van der Waals surface area contributed by atoms with E-state index in [0.717, 1.165) is 16.8 Å². The van der Waals surface area contributed by atoms with E-state index in [4.69, 9.17) is 23.2 Å². The first-order chi connectivity index (χ1) is 11.5. The molecule has 0 spiro atoms. The Morgan fingerprint density at radius 2 is 1.46 bits per heavy atom. The predicted octanol–water partition coefficient (Wildman–Crippen LogP) is 5.33. The van der Waals surface area contributed by atoms with Gasteiger partial charge in [-0.05, 0) is 48.0 Å². The van der Waals surface area contributed by atoms with Crippen LogP contribution in [0.15, 0.2) is 67.0 Å². The lowest BCUT2D eigenvalue weighted by Crippen LogP contribution is -2.26. The largest absolute Gasteiger partial charge is 0.311 e. The van der Waals surface area contributed by atoms with Gasteiger partial charge in [0.1, 0.15) is 0 Å². The molecule has 0 atom stereocenters. The molecule has 0 fully saturated rings. The molecule has 1 aromatic heterocycles. The molecule has 0 aliphatic heterocycles. The molecule has 1 amide bonds. The molecule has 3 aromatic rings. The van der Waals surface area contributed by atoms with Crippen molar-refractivity contribution >= 4 is 34.8 Å². The second-order valence-electron chi connectivity index (χ2n) is 5.31. The molecule has 0 saturated heterocycles. The van der Waals surface area contributed by atoms with Gasteiger partial charge in [-0.3, -0.25) is 9.78 Å². The molecule has 2 aromatic carbocycles. The highest BCUT2D eigenvalue weighted by Gasteiger charge is 2.14. The minimum atomic E-state index is -0.138. The number of benzene rings is 2. The zero-order chi connectivity index (χ0) is 17.1. The number of carbonyl (C=O) groups is 1. The summed E-state index contributed by atoms with van der Waals surface area (Å²) < 4.78 is 0. The van der Waals surface area contributed by atoms with Gasteiger partial charge in [0.15, 0.2) is 0 Å². The Bertz CT molecular complexity index is 861. The van der Waals surface area contributed by atoms with Crippen LogP contribution in [0.25, 0.3) is 11.1 Å². The fourth-order valence-electron chi connectivity index (χ4n) is 2.33. The summed E-state index contributed by atoms with van der Waals surface area (Å²) in [5.41, 5.74) is 3.10. The first-order valence-electron chi connectivity index (χ1n) is 7.29. The molecule has 1 heterocycles. The first kappa shape index (κ1) is 16.5. The molecule has 0 N–H and O–H groups in total. The van der Waals surface area contributed by atoms with Crippen molar-refractivity contribution in [3.05, 3.63) is 82.6 Å². The van der Waals surface area contributed by atoms with Gasteiger partial charge >= 0.3 is 0 Å². The van der Waals surface area contributed by atoms with Crippen molar-refractivity contribution in [2.45, 2.75) is 0 Å². The number of hydrogen-bond acceptors (Lipinski definition) is 2. The Hall–Kier alpha value is -2.36. The van der Waals surface area contributed by atoms with Crippen LogP contribution in [0, 0.1) is 0 Å². The summed E-state index contributed by atoms with van der Waals surface area (Å²) in [6, 6.07) is 16.4. The van der Waals surface area contributed by atoms with E-state index in [1.165, 1.54) is 0 Å². The number of halogens is 2. The summed E-state index contributed by atoms with van der Waals surface area (Å²) in [7, 11) is 1.72. The molecule has 24 heavy (non-hydrogen) atoms. The fraction of sp³-hybridized carbons (Fsp3) is 0.0526. The van der Waals surface area contributed by atoms with E-state index >= 15 is 0 Å². The highest BCUT2D eigenvalue weighted by Crippen LogP contribution is 2.23. The molecule has 0 bridgehead atoms. The number of pyridine rings is 1. The molecule has 3 nitrogen and oxygen atoms in total. The predicted molar refractivity (Wildman–Crippen MR) is 98.9 cm³/mol. The Morgan fingerprint density at radius 3 is 2.08 bits per heavy atom. The quantitative estimate of drug-likeness (QED) is 0.635. The number of rotatable bonds is 3. The van der Waals surface area contributed by atoms with Crippen molar-refractivity contribution in [1.29, 1.82) is 0 Å². The fourth-order valence-corrected chi connectivity index (χ4v) is 2.58.